The van der Waals surface area contributed by atoms with Crippen LogP contribution in [0, 0.1) is 0 Å². The lowest BCUT2D eigenvalue weighted by Gasteiger charge is -2.28. The summed E-state index contributed by atoms with van der Waals surface area (Å²) in [6, 6.07) is 19.8. The molecule has 0 saturated heterocycles. The van der Waals surface area contributed by atoms with Gasteiger partial charge < -0.3 is 24.4 Å². The molecule has 1 atom stereocenters. The predicted octanol–water partition coefficient (Wildman–Crippen LogP) is 5.81. The summed E-state index contributed by atoms with van der Waals surface area (Å²) in [5.41, 5.74) is 2.84. The second-order valence-electron chi connectivity index (χ2n) is 11.0. The number of ether oxygens (including phenoxy) is 2. The van der Waals surface area contributed by atoms with E-state index in [1.54, 1.807) is 60.4 Å². The summed E-state index contributed by atoms with van der Waals surface area (Å²) in [7, 11) is 3.16. The van der Waals surface area contributed by atoms with Crippen LogP contribution >= 0.6 is 23.2 Å². The largest absolute Gasteiger partial charge is 0.497 e. The molecule has 10 heteroatoms. The number of amides is 2. The minimum Gasteiger partial charge on any atom is -0.497 e. The van der Waals surface area contributed by atoms with E-state index in [0.29, 0.717) is 63.6 Å². The third kappa shape index (κ3) is 6.23. The molecule has 2 heterocycles. The van der Waals surface area contributed by atoms with Crippen molar-refractivity contribution in [3.63, 3.8) is 0 Å². The maximum absolute atomic E-state index is 14.5. The highest BCUT2D eigenvalue weighted by Gasteiger charge is 2.50. The highest BCUT2D eigenvalue weighted by molar-refractivity contribution is 6.33. The van der Waals surface area contributed by atoms with Crippen LogP contribution in [0.15, 0.2) is 79.1 Å². The average Bonchev–Trinajstić information content (AvgIpc) is 3.25. The van der Waals surface area contributed by atoms with Gasteiger partial charge in [-0.15, -0.1) is 0 Å². The van der Waals surface area contributed by atoms with Crippen LogP contribution in [0.3, 0.4) is 0 Å². The number of aliphatic hydroxyl groups excluding tert-OH is 1. The van der Waals surface area contributed by atoms with Gasteiger partial charge in [0.15, 0.2) is 18.9 Å². The Labute approximate surface area is 273 Å². The number of anilines is 1. The number of hydrogen-bond acceptors (Lipinski definition) is 5. The molecular weight excluding hydrogens is 613 g/mol. The van der Waals surface area contributed by atoms with Gasteiger partial charge in [0.1, 0.15) is 23.5 Å². The number of rotatable bonds is 11. The number of nitrogens with zero attached hydrogens (tertiary/aromatic N) is 3. The van der Waals surface area contributed by atoms with E-state index in [2.05, 4.69) is 0 Å². The number of carbonyl (C=O) groups excluding carboxylic acids is 2. The summed E-state index contributed by atoms with van der Waals surface area (Å²) in [5.74, 6) is 0.852. The smallest absolute Gasteiger partial charge is 0.254 e. The van der Waals surface area contributed by atoms with Gasteiger partial charge in [-0.1, -0.05) is 23.2 Å². The Bertz CT molecular complexity index is 1750. The Hall–Kier alpha value is -4.11. The molecule has 1 aliphatic rings. The van der Waals surface area contributed by atoms with E-state index in [-0.39, 0.29) is 25.0 Å². The van der Waals surface area contributed by atoms with Gasteiger partial charge in [0.05, 0.1) is 27.3 Å². The van der Waals surface area contributed by atoms with Crippen molar-refractivity contribution in [1.29, 1.82) is 0 Å². The maximum Gasteiger partial charge on any atom is 0.254 e. The Morgan fingerprint density at radius 2 is 1.82 bits per heavy atom. The zero-order valence-electron chi connectivity index (χ0n) is 25.7. The first-order valence-corrected chi connectivity index (χ1v) is 15.4. The van der Waals surface area contributed by atoms with E-state index in [1.165, 1.54) is 0 Å². The van der Waals surface area contributed by atoms with E-state index in [0.717, 1.165) is 11.1 Å². The topological polar surface area (TPSA) is 83.2 Å². The quantitative estimate of drug-likeness (QED) is 0.208. The molecule has 1 N–H and O–H groups in total. The molecule has 0 fully saturated rings. The van der Waals surface area contributed by atoms with Crippen molar-refractivity contribution >= 4 is 40.7 Å². The number of benzene rings is 3. The van der Waals surface area contributed by atoms with Crippen LogP contribution in [0.1, 0.15) is 46.5 Å². The lowest BCUT2D eigenvalue weighted by molar-refractivity contribution is -0.698. The van der Waals surface area contributed by atoms with Crippen molar-refractivity contribution in [2.75, 3.05) is 32.3 Å². The number of halogens is 2. The number of pyridine rings is 1. The minimum atomic E-state index is -1.22. The van der Waals surface area contributed by atoms with Crippen LogP contribution in [0.5, 0.6) is 11.5 Å². The van der Waals surface area contributed by atoms with Gasteiger partial charge in [0, 0.05) is 51.1 Å². The first-order chi connectivity index (χ1) is 21.6. The van der Waals surface area contributed by atoms with Crippen LogP contribution in [0.4, 0.5) is 5.69 Å². The summed E-state index contributed by atoms with van der Waals surface area (Å²) in [6.45, 7) is 5.33. The van der Waals surface area contributed by atoms with Crippen molar-refractivity contribution in [1.82, 2.24) is 4.90 Å². The fraction of sp³-hybridized carbons (Fsp3) is 0.286. The second-order valence-corrected chi connectivity index (χ2v) is 11.9. The summed E-state index contributed by atoms with van der Waals surface area (Å²) in [6.07, 6.45) is 3.80. The Balaban J connectivity index is 1.52. The molecule has 1 aromatic heterocycles. The monoisotopic (exact) mass is 648 g/mol. The van der Waals surface area contributed by atoms with Crippen LogP contribution in [-0.4, -0.2) is 49.2 Å². The van der Waals surface area contributed by atoms with Crippen LogP contribution in [0.2, 0.25) is 10.0 Å². The molecule has 1 unspecified atom stereocenters. The zero-order valence-corrected chi connectivity index (χ0v) is 27.2. The van der Waals surface area contributed by atoms with Crippen molar-refractivity contribution in [2.24, 2.45) is 0 Å². The first-order valence-electron chi connectivity index (χ1n) is 14.7. The number of aliphatic hydroxyl groups is 1. The molecule has 8 nitrogen and oxygen atoms in total. The van der Waals surface area contributed by atoms with Gasteiger partial charge in [0.2, 0.25) is 5.91 Å². The number of methoxy groups -OCH3 is 2. The third-order valence-electron chi connectivity index (χ3n) is 8.36. The second kappa shape index (κ2) is 13.5. The summed E-state index contributed by atoms with van der Waals surface area (Å²) in [5, 5.41) is 10.2. The molecule has 4 aromatic rings. The van der Waals surface area contributed by atoms with Crippen molar-refractivity contribution in [3.05, 3.63) is 117 Å². The summed E-state index contributed by atoms with van der Waals surface area (Å²) in [4.78, 5) is 31.8. The van der Waals surface area contributed by atoms with E-state index < -0.39 is 5.41 Å². The van der Waals surface area contributed by atoms with Gasteiger partial charge in [-0.2, -0.15) is 0 Å². The van der Waals surface area contributed by atoms with Crippen LogP contribution in [-0.2, 0) is 29.8 Å². The SMILES string of the molecule is CCN(Cc1ccc[n+](CCO)c1)C(=O)c1ccc(Cl)c(C2(C)C(=O)N(Cc3ccc(OC)cc3OC)c3ccc(Cl)cc32)c1. The highest BCUT2D eigenvalue weighted by atomic mass is 35.5. The van der Waals surface area contributed by atoms with Gasteiger partial charge in [0.25, 0.3) is 5.91 Å². The molecule has 1 aliphatic heterocycles. The molecule has 5 rings (SSSR count). The Morgan fingerprint density at radius 1 is 1.02 bits per heavy atom. The third-order valence-corrected chi connectivity index (χ3v) is 8.92. The van der Waals surface area contributed by atoms with Gasteiger partial charge in [-0.3, -0.25) is 9.59 Å². The molecular formula is C35H36Cl2N3O5+. The number of aromatic nitrogens is 1. The normalized spacial score (nSPS) is 15.6. The summed E-state index contributed by atoms with van der Waals surface area (Å²) < 4.78 is 12.9. The molecule has 0 spiro atoms. The van der Waals surface area contributed by atoms with Crippen molar-refractivity contribution in [3.8, 4) is 11.5 Å². The molecule has 3 aromatic carbocycles. The lowest BCUT2D eigenvalue weighted by Crippen LogP contribution is -2.39. The van der Waals surface area contributed by atoms with Crippen LogP contribution < -0.4 is 18.9 Å². The van der Waals surface area contributed by atoms with Crippen LogP contribution in [0.25, 0.3) is 0 Å². The van der Waals surface area contributed by atoms with Crippen molar-refractivity contribution in [2.45, 2.75) is 38.9 Å². The maximum atomic E-state index is 14.5. The lowest BCUT2D eigenvalue weighted by atomic mass is 9.76. The minimum absolute atomic E-state index is 0.0228. The standard InChI is InChI=1S/C35H36Cl2N3O5/c1-5-39(21-23-7-6-14-38(20-23)15-16-41)33(42)24-9-12-30(37)28(17-24)35(2)29-18-26(36)10-13-31(29)40(34(35)43)22-25-8-11-27(44-3)19-32(25)45-4/h6-14,17-20,41H,5,15-16,21-22H2,1-4H3/q+1. The van der Waals surface area contributed by atoms with Gasteiger partial charge in [-0.05, 0) is 79.6 Å². The van der Waals surface area contributed by atoms with E-state index in [1.807, 2.05) is 61.1 Å². The Morgan fingerprint density at radius 3 is 2.53 bits per heavy atom. The average molecular weight is 650 g/mol. The number of carbonyl (C=O) groups is 2. The zero-order chi connectivity index (χ0) is 32.3. The fourth-order valence-electron chi connectivity index (χ4n) is 5.90. The number of fused-ring (bicyclic) bond motifs is 1. The highest BCUT2D eigenvalue weighted by Crippen LogP contribution is 2.49. The Kier molecular flexibility index (Phi) is 9.68. The van der Waals surface area contributed by atoms with Gasteiger partial charge in [-0.25, -0.2) is 4.57 Å². The molecule has 2 amide bonds. The van der Waals surface area contributed by atoms with Crippen molar-refractivity contribution < 1.29 is 28.7 Å². The molecule has 0 radical (unpaired) electrons. The number of hydrogen-bond donors (Lipinski definition) is 1. The summed E-state index contributed by atoms with van der Waals surface area (Å²) >= 11 is 13.3. The van der Waals surface area contributed by atoms with Gasteiger partial charge >= 0.3 is 0 Å². The molecule has 0 aliphatic carbocycles. The fourth-order valence-corrected chi connectivity index (χ4v) is 6.38. The molecule has 0 saturated carbocycles. The predicted molar refractivity (Wildman–Crippen MR) is 174 cm³/mol. The molecule has 234 valence electrons. The first kappa shape index (κ1) is 32.3. The molecule has 0 bridgehead atoms. The van der Waals surface area contributed by atoms with E-state index in [9.17, 15) is 14.7 Å². The molecule has 45 heavy (non-hydrogen) atoms. The van der Waals surface area contributed by atoms with E-state index >= 15 is 0 Å². The van der Waals surface area contributed by atoms with E-state index in [4.69, 9.17) is 32.7 Å².